The van der Waals surface area contributed by atoms with E-state index < -0.39 is 0 Å². The van der Waals surface area contributed by atoms with Crippen molar-refractivity contribution in [3.63, 3.8) is 0 Å². The Morgan fingerprint density at radius 2 is 0.739 bits per heavy atom. The van der Waals surface area contributed by atoms with Crippen molar-refractivity contribution in [2.75, 3.05) is 0 Å². The fraction of sp³-hybridized carbons (Fsp3) is 0.313. The Morgan fingerprint density at radius 3 is 1.17 bits per heavy atom. The van der Waals surface area contributed by atoms with Gasteiger partial charge >= 0.3 is 158 Å². The van der Waals surface area contributed by atoms with Gasteiger partial charge in [-0.3, -0.25) is 4.99 Å². The number of rotatable bonds is 12. The molecular weight excluding hydrogens is 1230 g/mol. The molecule has 0 bridgehead atoms. The van der Waals surface area contributed by atoms with E-state index in [1.165, 1.54) is 26.0 Å². The number of phenols is 3. The second kappa shape index (κ2) is 30.1. The molecule has 9 aromatic carbocycles. The van der Waals surface area contributed by atoms with Crippen LogP contribution in [0.4, 0.5) is 17.1 Å². The summed E-state index contributed by atoms with van der Waals surface area (Å²) < 4.78 is 1.27. The summed E-state index contributed by atoms with van der Waals surface area (Å²) in [5.41, 5.74) is 13.5. The fourth-order valence-electron chi connectivity index (χ4n) is 10.1. The summed E-state index contributed by atoms with van der Waals surface area (Å²) in [6.45, 7) is 41.0. The van der Waals surface area contributed by atoms with Crippen LogP contribution < -0.4 is 4.46 Å². The van der Waals surface area contributed by atoms with Gasteiger partial charge in [-0.2, -0.15) is 0 Å². The van der Waals surface area contributed by atoms with Gasteiger partial charge in [-0.25, -0.2) is 4.99 Å². The average Bonchev–Trinajstić information content (AvgIpc) is 0.813. The topological polar surface area (TPSA) is 97.8 Å². The van der Waals surface area contributed by atoms with Gasteiger partial charge < -0.3 is 10.2 Å². The zero-order chi connectivity index (χ0) is 67.6. The van der Waals surface area contributed by atoms with Gasteiger partial charge in [0.2, 0.25) is 0 Å². The molecular formula is C83H97N3O3S2Se. The van der Waals surface area contributed by atoms with E-state index >= 15 is 0 Å². The first-order valence-electron chi connectivity index (χ1n) is 31.7. The third-order valence-electron chi connectivity index (χ3n) is 15.7. The van der Waals surface area contributed by atoms with Crippen molar-refractivity contribution in [3.05, 3.63) is 256 Å². The van der Waals surface area contributed by atoms with Crippen LogP contribution in [-0.4, -0.2) is 47.9 Å². The van der Waals surface area contributed by atoms with E-state index in [1.807, 2.05) is 116 Å². The van der Waals surface area contributed by atoms with E-state index in [9.17, 15) is 15.3 Å². The second-order valence-corrected chi connectivity index (χ2v) is 33.5. The molecule has 6 nitrogen and oxygen atoms in total. The number of hydrogen-bond acceptors (Lipinski definition) is 8. The Balaban J connectivity index is 0.000000199. The summed E-state index contributed by atoms with van der Waals surface area (Å²) in [7, 11) is 0. The first kappa shape index (κ1) is 72.0. The van der Waals surface area contributed by atoms with E-state index in [2.05, 4.69) is 233 Å². The van der Waals surface area contributed by atoms with Crippen molar-refractivity contribution in [1.82, 2.24) is 0 Å². The molecule has 0 radical (unpaired) electrons. The van der Waals surface area contributed by atoms with Crippen molar-refractivity contribution >= 4 is 77.6 Å². The molecule has 0 amide bonds. The molecule has 0 aliphatic carbocycles. The van der Waals surface area contributed by atoms with Gasteiger partial charge in [-0.15, -0.1) is 0 Å². The Morgan fingerprint density at radius 1 is 0.380 bits per heavy atom. The van der Waals surface area contributed by atoms with Crippen LogP contribution in [0.1, 0.15) is 187 Å². The van der Waals surface area contributed by atoms with E-state index in [0.29, 0.717) is 32.2 Å². The molecule has 9 aromatic rings. The molecule has 9 rings (SSSR count). The summed E-state index contributed by atoms with van der Waals surface area (Å²) in [5, 5.41) is 33.7. The SMILES string of the molecule is CC(=Nc1ccccc1Sc1ccccc1)c1cc(C(C)(C)C)cc(C(C)(C)C)c1O.CC(C)(C)c1cc(C(=Nc2ccccc2Sc2ccccc2)c2ccccc2)c(O)c(C(C)(C)C)c1.C[Se]c1ccccc1N=Cc1cc(C(C)(C)C)cc(C(C)(C)C)c1O. The van der Waals surface area contributed by atoms with Gasteiger partial charge in [-0.1, -0.05) is 210 Å². The summed E-state index contributed by atoms with van der Waals surface area (Å²) in [6, 6.07) is 68.1. The van der Waals surface area contributed by atoms with Crippen LogP contribution in [0.15, 0.2) is 235 Å². The van der Waals surface area contributed by atoms with Crippen LogP contribution in [0.3, 0.4) is 0 Å². The maximum absolute atomic E-state index is 11.6. The predicted octanol–water partition coefficient (Wildman–Crippen LogP) is 22.7. The summed E-state index contributed by atoms with van der Waals surface area (Å²) in [5.74, 6) is 3.15. The molecule has 0 atom stereocenters. The van der Waals surface area contributed by atoms with Gasteiger partial charge in [0, 0.05) is 53.1 Å². The number of nitrogens with zero attached hydrogens (tertiary/aromatic N) is 3. The molecule has 0 saturated carbocycles. The van der Waals surface area contributed by atoms with Crippen molar-refractivity contribution in [2.45, 2.75) is 189 Å². The Labute approximate surface area is 566 Å². The van der Waals surface area contributed by atoms with Crippen molar-refractivity contribution in [3.8, 4) is 17.2 Å². The van der Waals surface area contributed by atoms with Gasteiger partial charge in [0.05, 0.1) is 17.1 Å². The van der Waals surface area contributed by atoms with Crippen LogP contribution in [0.2, 0.25) is 5.82 Å². The Bertz CT molecular complexity index is 4060. The standard InChI is InChI=1S/C33H35NOS.C28H33NOS.C22H29NOSe/c1-32(2,3)24-21-26(31(35)27(22-24)33(4,5)6)30(23-15-9-7-10-16-23)34-28-19-13-14-20-29(28)36-25-17-11-8-12-18-25;1-19(22-17-20(27(2,3)4)18-23(26(22)30)28(5,6)7)29-24-15-11-12-16-25(24)31-21-13-9-8-10-14-21;1-21(2,3)16-12-15(20(24)17(13-16)22(4,5)6)14-23-18-10-8-9-11-19(18)25-7/h7-22,35H,1-6H3;8-18,30H,1-7H3;8-14,24H,1-7H3. The first-order valence-corrected chi connectivity index (χ1v) is 35.9. The summed E-state index contributed by atoms with van der Waals surface area (Å²) in [6.07, 6.45) is 1.81. The molecule has 480 valence electrons. The Hall–Kier alpha value is -7.39. The molecule has 0 aliphatic rings. The fourth-order valence-corrected chi connectivity index (χ4v) is 13.1. The molecule has 0 heterocycles. The molecule has 0 fully saturated rings. The third kappa shape index (κ3) is 19.4. The van der Waals surface area contributed by atoms with Crippen LogP contribution >= 0.6 is 23.5 Å². The first-order chi connectivity index (χ1) is 43.0. The van der Waals surface area contributed by atoms with E-state index in [-0.39, 0.29) is 32.5 Å². The van der Waals surface area contributed by atoms with Crippen LogP contribution in [0.25, 0.3) is 0 Å². The number of benzene rings is 9. The van der Waals surface area contributed by atoms with Gasteiger partial charge in [0.1, 0.15) is 11.5 Å². The molecule has 0 aromatic heterocycles. The second-order valence-electron chi connectivity index (χ2n) is 29.5. The van der Waals surface area contributed by atoms with Crippen molar-refractivity contribution < 1.29 is 15.3 Å². The van der Waals surface area contributed by atoms with Crippen LogP contribution in [-0.2, 0) is 32.5 Å². The van der Waals surface area contributed by atoms with Crippen LogP contribution in [0.5, 0.6) is 17.2 Å². The number of para-hydroxylation sites is 3. The molecule has 0 aliphatic heterocycles. The van der Waals surface area contributed by atoms with Gasteiger partial charge in [0.25, 0.3) is 0 Å². The van der Waals surface area contributed by atoms with E-state index in [4.69, 9.17) is 9.98 Å². The molecule has 0 saturated heterocycles. The molecule has 0 spiro atoms. The zero-order valence-corrected chi connectivity index (χ0v) is 61.4. The Kier molecular flexibility index (Phi) is 23.6. The van der Waals surface area contributed by atoms with E-state index in [1.54, 1.807) is 23.5 Å². The van der Waals surface area contributed by atoms with Crippen molar-refractivity contribution in [2.24, 2.45) is 15.0 Å². The quantitative estimate of drug-likeness (QED) is 0.0836. The number of phenolic OH excluding ortho intramolecular Hbond substituents is 3. The monoisotopic (exact) mass is 1330 g/mol. The number of hydrogen-bond donors (Lipinski definition) is 3. The minimum absolute atomic E-state index is 0.0146. The third-order valence-corrected chi connectivity index (χ3v) is 19.5. The maximum atomic E-state index is 11.6. The van der Waals surface area contributed by atoms with E-state index in [0.717, 1.165) is 82.1 Å². The summed E-state index contributed by atoms with van der Waals surface area (Å²) >= 11 is 3.79. The van der Waals surface area contributed by atoms with Gasteiger partial charge in [-0.05, 0) is 100 Å². The average molecular weight is 1330 g/mol. The molecule has 92 heavy (non-hydrogen) atoms. The predicted molar refractivity (Wildman–Crippen MR) is 399 cm³/mol. The normalized spacial score (nSPS) is 12.7. The number of aliphatic imine (C=N–C) groups is 3. The van der Waals surface area contributed by atoms with Crippen molar-refractivity contribution in [1.29, 1.82) is 0 Å². The molecule has 9 heteroatoms. The molecule has 3 N–H and O–H groups in total. The zero-order valence-electron chi connectivity index (χ0n) is 58.0. The minimum atomic E-state index is -0.219. The van der Waals surface area contributed by atoms with Crippen LogP contribution in [0, 0.1) is 0 Å². The number of aromatic hydroxyl groups is 3. The van der Waals surface area contributed by atoms with Gasteiger partial charge in [0.15, 0.2) is 0 Å². The molecule has 0 unspecified atom stereocenters. The summed E-state index contributed by atoms with van der Waals surface area (Å²) in [4.78, 5) is 19.4.